The molecule has 3 nitrogen and oxygen atoms in total. The van der Waals surface area contributed by atoms with Gasteiger partial charge in [-0.1, -0.05) is 0 Å². The van der Waals surface area contributed by atoms with Crippen molar-refractivity contribution >= 4 is 86.5 Å². The molecule has 0 saturated carbocycles. The first-order chi connectivity index (χ1) is 23.8. The number of hydrogen-bond acceptors (Lipinski definition) is 3. The zero-order chi connectivity index (χ0) is 31.4. The van der Waals surface area contributed by atoms with E-state index in [-0.39, 0.29) is 0 Å². The van der Waals surface area contributed by atoms with Crippen LogP contribution >= 0.6 is 0 Å². The fourth-order valence-corrected chi connectivity index (χ4v) is 20.6. The summed E-state index contributed by atoms with van der Waals surface area (Å²) in [7, 11) is 0. The van der Waals surface area contributed by atoms with E-state index in [2.05, 4.69) is 180 Å². The average Bonchev–Trinajstić information content (AvgIpc) is 3.16. The molecule has 0 amide bonds. The number of ether oxygens (including phenoxy) is 1. The first-order valence-electron chi connectivity index (χ1n) is 16.5. The number of hydrogen-bond donors (Lipinski definition) is 0. The Morgan fingerprint density at radius 1 is 0.396 bits per heavy atom. The first kappa shape index (κ1) is 26.3. The van der Waals surface area contributed by atoms with Crippen molar-refractivity contribution < 1.29 is 4.74 Å². The summed E-state index contributed by atoms with van der Waals surface area (Å²) in [6.07, 6.45) is 0. The Hall–Kier alpha value is -5.78. The van der Waals surface area contributed by atoms with E-state index in [9.17, 15) is 0 Å². The van der Waals surface area contributed by atoms with Gasteiger partial charge in [-0.25, -0.2) is 0 Å². The fourth-order valence-electron chi connectivity index (χ4n) is 8.80. The molecule has 8 aromatic carbocycles. The Balaban J connectivity index is 1.44. The topological polar surface area (TPSA) is 15.7 Å². The molecule has 1 atom stereocenters. The van der Waals surface area contributed by atoms with Gasteiger partial charge in [-0.2, -0.15) is 0 Å². The van der Waals surface area contributed by atoms with Crippen LogP contribution in [0, 0.1) is 0 Å². The van der Waals surface area contributed by atoms with Crippen LogP contribution < -0.4 is 32.1 Å². The van der Waals surface area contributed by atoms with Gasteiger partial charge in [0.15, 0.2) is 0 Å². The summed E-state index contributed by atoms with van der Waals surface area (Å²) in [5.74, 6) is 1.95. The molecular formula is C44H28GeN2O. The van der Waals surface area contributed by atoms with Crippen molar-refractivity contribution in [3.63, 3.8) is 0 Å². The molecule has 8 aromatic rings. The molecule has 0 bridgehead atoms. The summed E-state index contributed by atoms with van der Waals surface area (Å²) < 4.78 is 12.6. The third-order valence-electron chi connectivity index (χ3n) is 10.5. The van der Waals surface area contributed by atoms with Crippen LogP contribution in [0.3, 0.4) is 0 Å². The standard InChI is InChI=1S/C44H28GeN2O/c1-4-15-30(16-5-1)45-41-36-22-12-24-39(41)48-40-25-13-23-37(42(40)45)47(32-19-8-3-9-20-32)44-34-27-26-29-14-10-11-21-33(29)35(34)28-38(43(44)45)46(36)31-17-6-2-7-18-31/h1-28H. The molecule has 0 fully saturated rings. The minimum absolute atomic E-state index is 0.977. The van der Waals surface area contributed by atoms with Crippen molar-refractivity contribution in [3.8, 4) is 11.5 Å². The number of fused-ring (bicyclic) bond motifs is 4. The summed E-state index contributed by atoms with van der Waals surface area (Å²) in [5.41, 5.74) is 7.28. The summed E-state index contributed by atoms with van der Waals surface area (Å²) in [4.78, 5) is 5.05. The van der Waals surface area contributed by atoms with E-state index in [0.29, 0.717) is 0 Å². The summed E-state index contributed by atoms with van der Waals surface area (Å²) >= 11 is -3.79. The monoisotopic (exact) mass is 674 g/mol. The van der Waals surface area contributed by atoms with Gasteiger partial charge < -0.3 is 0 Å². The van der Waals surface area contributed by atoms with Crippen molar-refractivity contribution in [1.82, 2.24) is 0 Å². The Morgan fingerprint density at radius 2 is 0.979 bits per heavy atom. The van der Waals surface area contributed by atoms with Crippen molar-refractivity contribution in [1.29, 1.82) is 0 Å². The van der Waals surface area contributed by atoms with Crippen LogP contribution in [0.1, 0.15) is 0 Å². The molecule has 0 aromatic heterocycles. The van der Waals surface area contributed by atoms with Crippen LogP contribution in [0.25, 0.3) is 21.5 Å². The van der Waals surface area contributed by atoms with E-state index >= 15 is 0 Å². The Bertz CT molecular complexity index is 2590. The van der Waals surface area contributed by atoms with Gasteiger partial charge in [0.2, 0.25) is 0 Å². The first-order valence-corrected chi connectivity index (χ1v) is 20.7. The second-order valence-corrected chi connectivity index (χ2v) is 20.4. The molecule has 0 N–H and O–H groups in total. The predicted molar refractivity (Wildman–Crippen MR) is 202 cm³/mol. The van der Waals surface area contributed by atoms with Crippen molar-refractivity contribution in [2.75, 3.05) is 9.80 Å². The quantitative estimate of drug-likeness (QED) is 0.138. The molecule has 224 valence electrons. The van der Waals surface area contributed by atoms with Gasteiger partial charge in [-0.05, 0) is 0 Å². The maximum atomic E-state index is 7.00. The number of nitrogens with zero attached hydrogens (tertiary/aromatic N) is 2. The molecule has 11 rings (SSSR count). The van der Waals surface area contributed by atoms with E-state index in [1.807, 2.05) is 0 Å². The second-order valence-electron chi connectivity index (χ2n) is 12.9. The molecule has 1 unspecified atom stereocenters. The molecule has 0 spiro atoms. The van der Waals surface area contributed by atoms with Crippen LogP contribution in [-0.4, -0.2) is 13.3 Å². The van der Waals surface area contributed by atoms with Gasteiger partial charge in [0, 0.05) is 0 Å². The SMILES string of the molecule is c1ccc(N2c3cccc4[c]3[Ge]3([c]5ccccc5)[c]5c(cccc5N(c5ccccc5)c5[c]3c2cc2c5ccc3ccccc32)O4)cc1. The van der Waals surface area contributed by atoms with Gasteiger partial charge in [0.25, 0.3) is 0 Å². The van der Waals surface area contributed by atoms with Crippen LogP contribution in [0.4, 0.5) is 34.1 Å². The van der Waals surface area contributed by atoms with Gasteiger partial charge in [-0.15, -0.1) is 0 Å². The molecule has 3 heterocycles. The fraction of sp³-hybridized carbons (Fsp3) is 0. The molecule has 0 radical (unpaired) electrons. The number of benzene rings is 8. The number of rotatable bonds is 3. The van der Waals surface area contributed by atoms with Crippen molar-refractivity contribution in [2.24, 2.45) is 0 Å². The summed E-state index contributed by atoms with van der Waals surface area (Å²) in [6.45, 7) is 0. The third kappa shape index (κ3) is 3.24. The van der Waals surface area contributed by atoms with Crippen LogP contribution in [0.2, 0.25) is 0 Å². The molecule has 3 aliphatic heterocycles. The Labute approximate surface area is 281 Å². The minimum atomic E-state index is -3.79. The van der Waals surface area contributed by atoms with E-state index in [1.54, 1.807) is 0 Å². The molecule has 0 saturated heterocycles. The van der Waals surface area contributed by atoms with E-state index in [0.717, 1.165) is 22.9 Å². The van der Waals surface area contributed by atoms with Gasteiger partial charge >= 0.3 is 282 Å². The summed E-state index contributed by atoms with van der Waals surface area (Å²) in [6, 6.07) is 62.5. The van der Waals surface area contributed by atoms with Crippen molar-refractivity contribution in [3.05, 3.63) is 170 Å². The Morgan fingerprint density at radius 3 is 1.67 bits per heavy atom. The normalized spacial score (nSPS) is 16.5. The van der Waals surface area contributed by atoms with Crippen molar-refractivity contribution in [2.45, 2.75) is 0 Å². The number of para-hydroxylation sites is 2. The Kier molecular flexibility index (Phi) is 5.28. The van der Waals surface area contributed by atoms with Crippen LogP contribution in [0.5, 0.6) is 11.5 Å². The third-order valence-corrected chi connectivity index (χ3v) is 20.9. The molecular weight excluding hydrogens is 645 g/mol. The van der Waals surface area contributed by atoms with Crippen LogP contribution in [0.15, 0.2) is 170 Å². The molecule has 48 heavy (non-hydrogen) atoms. The second kappa shape index (κ2) is 9.63. The molecule has 0 aliphatic carbocycles. The van der Waals surface area contributed by atoms with E-state index in [1.165, 1.54) is 61.9 Å². The van der Waals surface area contributed by atoms with Crippen LogP contribution in [-0.2, 0) is 0 Å². The van der Waals surface area contributed by atoms with E-state index < -0.39 is 13.3 Å². The van der Waals surface area contributed by atoms with E-state index in [4.69, 9.17) is 4.74 Å². The zero-order valence-electron chi connectivity index (χ0n) is 26.0. The predicted octanol–water partition coefficient (Wildman–Crippen LogP) is 9.04. The maximum absolute atomic E-state index is 7.00. The summed E-state index contributed by atoms with van der Waals surface area (Å²) in [5, 5.41) is 5.05. The van der Waals surface area contributed by atoms with Gasteiger partial charge in [0.1, 0.15) is 0 Å². The van der Waals surface area contributed by atoms with Gasteiger partial charge in [-0.3, -0.25) is 0 Å². The molecule has 4 heteroatoms. The van der Waals surface area contributed by atoms with Gasteiger partial charge in [0.05, 0.1) is 0 Å². The zero-order valence-corrected chi connectivity index (χ0v) is 28.1. The number of anilines is 6. The average molecular weight is 673 g/mol. The molecule has 3 aliphatic rings.